The SMILES string of the molecule is COC(=O)C/C(C(N)=O)=C(O)/N=C/Cc1ccc([N+](=O)[O-])cc1. The van der Waals surface area contributed by atoms with Crippen LogP contribution in [0.2, 0.25) is 0 Å². The van der Waals surface area contributed by atoms with E-state index in [2.05, 4.69) is 9.73 Å². The molecule has 0 saturated heterocycles. The van der Waals surface area contributed by atoms with Crippen LogP contribution < -0.4 is 5.73 Å². The Labute approximate surface area is 131 Å². The summed E-state index contributed by atoms with van der Waals surface area (Å²) in [6.45, 7) is 0. The second kappa shape index (κ2) is 8.27. The normalized spacial score (nSPS) is 11.9. The average Bonchev–Trinajstić information content (AvgIpc) is 2.52. The summed E-state index contributed by atoms with van der Waals surface area (Å²) in [5.41, 5.74) is 5.37. The van der Waals surface area contributed by atoms with E-state index in [1.165, 1.54) is 30.5 Å². The van der Waals surface area contributed by atoms with Gasteiger partial charge in [0.15, 0.2) is 0 Å². The number of aliphatic hydroxyl groups is 1. The van der Waals surface area contributed by atoms with Crippen LogP contribution in [-0.4, -0.2) is 35.2 Å². The lowest BCUT2D eigenvalue weighted by Gasteiger charge is -2.03. The van der Waals surface area contributed by atoms with Crippen molar-refractivity contribution in [2.75, 3.05) is 7.11 Å². The van der Waals surface area contributed by atoms with Crippen molar-refractivity contribution in [1.29, 1.82) is 0 Å². The van der Waals surface area contributed by atoms with Crippen molar-refractivity contribution in [2.45, 2.75) is 12.8 Å². The first kappa shape index (κ1) is 17.8. The van der Waals surface area contributed by atoms with E-state index in [1.54, 1.807) is 0 Å². The molecule has 0 radical (unpaired) electrons. The van der Waals surface area contributed by atoms with E-state index in [4.69, 9.17) is 5.73 Å². The van der Waals surface area contributed by atoms with E-state index >= 15 is 0 Å². The number of aliphatic hydroxyl groups excluding tert-OH is 1. The van der Waals surface area contributed by atoms with Gasteiger partial charge in [-0.25, -0.2) is 4.99 Å². The maximum Gasteiger partial charge on any atom is 0.310 e. The van der Waals surface area contributed by atoms with Crippen molar-refractivity contribution in [2.24, 2.45) is 10.7 Å². The molecule has 1 aromatic rings. The summed E-state index contributed by atoms with van der Waals surface area (Å²) in [5, 5.41) is 20.2. The number of methoxy groups -OCH3 is 1. The van der Waals surface area contributed by atoms with Gasteiger partial charge in [0.25, 0.3) is 11.6 Å². The molecule has 1 rings (SSSR count). The predicted octanol–water partition coefficient (Wildman–Crippen LogP) is 1.03. The van der Waals surface area contributed by atoms with Crippen LogP contribution in [-0.2, 0) is 20.7 Å². The van der Waals surface area contributed by atoms with Crippen LogP contribution in [0.15, 0.2) is 40.7 Å². The van der Waals surface area contributed by atoms with E-state index < -0.39 is 29.1 Å². The number of nitro groups is 1. The minimum atomic E-state index is -0.986. The molecule has 0 unspecified atom stereocenters. The molecule has 0 heterocycles. The zero-order valence-corrected chi connectivity index (χ0v) is 12.3. The Kier molecular flexibility index (Phi) is 6.41. The number of carbonyl (C=O) groups excluding carboxylic acids is 2. The zero-order valence-electron chi connectivity index (χ0n) is 12.3. The van der Waals surface area contributed by atoms with E-state index in [0.29, 0.717) is 5.56 Å². The summed E-state index contributed by atoms with van der Waals surface area (Å²) < 4.78 is 4.39. The molecule has 1 amide bonds. The van der Waals surface area contributed by atoms with Gasteiger partial charge in [-0.3, -0.25) is 19.7 Å². The summed E-state index contributed by atoms with van der Waals surface area (Å²) in [5.74, 6) is -2.40. The second-order valence-corrected chi connectivity index (χ2v) is 4.36. The molecule has 0 spiro atoms. The highest BCUT2D eigenvalue weighted by molar-refractivity contribution is 5.97. The van der Waals surface area contributed by atoms with Crippen LogP contribution >= 0.6 is 0 Å². The highest BCUT2D eigenvalue weighted by Gasteiger charge is 2.16. The summed E-state index contributed by atoms with van der Waals surface area (Å²) in [7, 11) is 1.13. The largest absolute Gasteiger partial charge is 0.493 e. The van der Waals surface area contributed by atoms with Gasteiger partial charge in [0, 0.05) is 24.8 Å². The number of hydrogen-bond donors (Lipinski definition) is 2. The van der Waals surface area contributed by atoms with Crippen LogP contribution in [0.1, 0.15) is 12.0 Å². The lowest BCUT2D eigenvalue weighted by atomic mass is 10.1. The second-order valence-electron chi connectivity index (χ2n) is 4.36. The highest BCUT2D eigenvalue weighted by Crippen LogP contribution is 2.12. The van der Waals surface area contributed by atoms with Gasteiger partial charge in [-0.1, -0.05) is 12.1 Å². The topological polar surface area (TPSA) is 145 Å². The molecule has 9 heteroatoms. The van der Waals surface area contributed by atoms with E-state index in [0.717, 1.165) is 7.11 Å². The summed E-state index contributed by atoms with van der Waals surface area (Å²) in [6.07, 6.45) is 1.05. The van der Waals surface area contributed by atoms with Gasteiger partial charge in [0.2, 0.25) is 5.88 Å². The van der Waals surface area contributed by atoms with Crippen LogP contribution in [0, 0.1) is 10.1 Å². The van der Waals surface area contributed by atoms with Gasteiger partial charge in [-0.2, -0.15) is 0 Å². The van der Waals surface area contributed by atoms with E-state index in [1.807, 2.05) is 0 Å². The standard InChI is InChI=1S/C14H15N3O6/c1-23-12(18)8-11(13(15)19)14(20)16-7-6-9-2-4-10(5-3-9)17(21)22/h2-5,7,20H,6,8H2,1H3,(H2,15,19)/b14-11+,16-7+. The summed E-state index contributed by atoms with van der Waals surface area (Å²) in [4.78, 5) is 36.0. The van der Waals surface area contributed by atoms with Crippen molar-refractivity contribution in [3.05, 3.63) is 51.4 Å². The molecule has 0 atom stereocenters. The fraction of sp³-hybridized carbons (Fsp3) is 0.214. The Morgan fingerprint density at radius 3 is 2.48 bits per heavy atom. The lowest BCUT2D eigenvalue weighted by molar-refractivity contribution is -0.384. The number of ether oxygens (including phenoxy) is 1. The van der Waals surface area contributed by atoms with E-state index in [9.17, 15) is 24.8 Å². The fourth-order valence-electron chi connectivity index (χ4n) is 1.56. The van der Waals surface area contributed by atoms with Gasteiger partial charge in [0.05, 0.1) is 24.0 Å². The van der Waals surface area contributed by atoms with Gasteiger partial charge in [0.1, 0.15) is 0 Å². The maximum absolute atomic E-state index is 11.2. The molecule has 23 heavy (non-hydrogen) atoms. The first-order valence-corrected chi connectivity index (χ1v) is 6.39. The molecule has 9 nitrogen and oxygen atoms in total. The molecule has 122 valence electrons. The molecule has 3 N–H and O–H groups in total. The Balaban J connectivity index is 2.80. The Morgan fingerprint density at radius 2 is 2.00 bits per heavy atom. The molecule has 0 aliphatic heterocycles. The third kappa shape index (κ3) is 5.58. The number of amides is 1. The number of nitrogens with zero attached hydrogens (tertiary/aromatic N) is 2. The molecule has 0 fully saturated rings. The summed E-state index contributed by atoms with van der Waals surface area (Å²) in [6, 6.07) is 5.75. The van der Waals surface area contributed by atoms with Crippen molar-refractivity contribution in [3.63, 3.8) is 0 Å². The van der Waals surface area contributed by atoms with Gasteiger partial charge in [-0.05, 0) is 5.56 Å². The molecular formula is C14H15N3O6. The number of non-ortho nitro benzene ring substituents is 1. The van der Waals surface area contributed by atoms with E-state index in [-0.39, 0.29) is 17.7 Å². The summed E-state index contributed by atoms with van der Waals surface area (Å²) >= 11 is 0. The Bertz CT molecular complexity index is 664. The van der Waals surface area contributed by atoms with Crippen molar-refractivity contribution in [1.82, 2.24) is 0 Å². The third-order valence-corrected chi connectivity index (χ3v) is 2.80. The molecular weight excluding hydrogens is 306 g/mol. The smallest absolute Gasteiger partial charge is 0.310 e. The molecule has 0 aliphatic rings. The maximum atomic E-state index is 11.2. The number of nitrogens with two attached hydrogens (primary N) is 1. The van der Waals surface area contributed by atoms with Crippen molar-refractivity contribution in [3.8, 4) is 0 Å². The number of rotatable bonds is 7. The number of nitro benzene ring substituents is 1. The lowest BCUT2D eigenvalue weighted by Crippen LogP contribution is -2.19. The van der Waals surface area contributed by atoms with Gasteiger partial charge < -0.3 is 15.6 Å². The van der Waals surface area contributed by atoms with Crippen LogP contribution in [0.5, 0.6) is 0 Å². The minimum absolute atomic E-state index is 0.0393. The first-order chi connectivity index (χ1) is 10.8. The Morgan fingerprint density at radius 1 is 1.39 bits per heavy atom. The van der Waals surface area contributed by atoms with Crippen LogP contribution in [0.4, 0.5) is 5.69 Å². The number of aliphatic imine (C=N–C) groups is 1. The molecule has 1 aromatic carbocycles. The molecule has 0 saturated carbocycles. The number of primary amides is 1. The molecule has 0 aromatic heterocycles. The highest BCUT2D eigenvalue weighted by atomic mass is 16.6. The molecule has 0 aliphatic carbocycles. The molecule has 0 bridgehead atoms. The van der Waals surface area contributed by atoms with Crippen molar-refractivity contribution >= 4 is 23.8 Å². The fourth-order valence-corrected chi connectivity index (χ4v) is 1.56. The van der Waals surface area contributed by atoms with Crippen LogP contribution in [0.3, 0.4) is 0 Å². The van der Waals surface area contributed by atoms with Crippen LogP contribution in [0.25, 0.3) is 0 Å². The van der Waals surface area contributed by atoms with Crippen molar-refractivity contribution < 1.29 is 24.4 Å². The Hall–Kier alpha value is -3.23. The number of esters is 1. The third-order valence-electron chi connectivity index (χ3n) is 2.80. The quantitative estimate of drug-likeness (QED) is 0.191. The first-order valence-electron chi connectivity index (χ1n) is 6.39. The van der Waals surface area contributed by atoms with Gasteiger partial charge >= 0.3 is 5.97 Å². The number of carbonyl (C=O) groups is 2. The average molecular weight is 321 g/mol. The van der Waals surface area contributed by atoms with Gasteiger partial charge in [-0.15, -0.1) is 0 Å². The predicted molar refractivity (Wildman–Crippen MR) is 80.8 cm³/mol. The zero-order chi connectivity index (χ0) is 17.4. The number of benzene rings is 1. The number of hydrogen-bond acceptors (Lipinski definition) is 7. The minimum Gasteiger partial charge on any atom is -0.493 e. The monoisotopic (exact) mass is 321 g/mol.